The number of carboxylic acids is 1. The first-order chi connectivity index (χ1) is 10.5. The second-order valence-corrected chi connectivity index (χ2v) is 4.79. The molecule has 6 nitrogen and oxygen atoms in total. The van der Waals surface area contributed by atoms with Gasteiger partial charge in [-0.3, -0.25) is 9.89 Å². The topological polar surface area (TPSA) is 95.1 Å². The molecule has 1 unspecified atom stereocenters. The number of halogens is 1. The standard InChI is InChI=1S/C15H16FN3O3/c1-2-5-12(15(21)22)18-14(20)10-8-17-19-13(10)9-6-3-4-7-11(9)16/h3-4,6-8,12H,2,5H2,1H3,(H,17,19)(H,18,20)(H,21,22). The third-order valence-corrected chi connectivity index (χ3v) is 3.21. The first-order valence-electron chi connectivity index (χ1n) is 6.86. The summed E-state index contributed by atoms with van der Waals surface area (Å²) in [6.45, 7) is 1.82. The number of nitrogens with zero attached hydrogens (tertiary/aromatic N) is 1. The minimum Gasteiger partial charge on any atom is -0.480 e. The number of nitrogens with one attached hydrogen (secondary N) is 2. The normalized spacial score (nSPS) is 11.9. The van der Waals surface area contributed by atoms with Crippen molar-refractivity contribution in [3.8, 4) is 11.3 Å². The van der Waals surface area contributed by atoms with Crippen LogP contribution < -0.4 is 5.32 Å². The first-order valence-corrected chi connectivity index (χ1v) is 6.86. The number of H-pyrrole nitrogens is 1. The largest absolute Gasteiger partial charge is 0.480 e. The van der Waals surface area contributed by atoms with Gasteiger partial charge in [-0.15, -0.1) is 0 Å². The van der Waals surface area contributed by atoms with Gasteiger partial charge in [0.2, 0.25) is 0 Å². The molecule has 0 aliphatic rings. The number of hydrogen-bond donors (Lipinski definition) is 3. The Labute approximate surface area is 126 Å². The molecule has 0 bridgehead atoms. The fourth-order valence-corrected chi connectivity index (χ4v) is 2.11. The number of carboxylic acid groups (broad SMARTS) is 1. The molecule has 1 aromatic carbocycles. The number of carbonyl (C=O) groups excluding carboxylic acids is 1. The Bertz CT molecular complexity index is 684. The molecule has 0 fully saturated rings. The number of rotatable bonds is 6. The van der Waals surface area contributed by atoms with Crippen LogP contribution in [-0.4, -0.2) is 33.2 Å². The van der Waals surface area contributed by atoms with E-state index in [0.717, 1.165) is 0 Å². The molecule has 2 aromatic rings. The van der Waals surface area contributed by atoms with Gasteiger partial charge < -0.3 is 10.4 Å². The molecule has 116 valence electrons. The zero-order valence-electron chi connectivity index (χ0n) is 12.0. The molecular weight excluding hydrogens is 289 g/mol. The quantitative estimate of drug-likeness (QED) is 0.762. The van der Waals surface area contributed by atoms with Gasteiger partial charge in [-0.05, 0) is 18.6 Å². The molecule has 0 radical (unpaired) electrons. The highest BCUT2D eigenvalue weighted by atomic mass is 19.1. The molecule has 22 heavy (non-hydrogen) atoms. The Morgan fingerprint density at radius 3 is 2.77 bits per heavy atom. The second kappa shape index (κ2) is 6.84. The van der Waals surface area contributed by atoms with Gasteiger partial charge in [0.05, 0.1) is 17.5 Å². The van der Waals surface area contributed by atoms with Gasteiger partial charge in [-0.1, -0.05) is 25.5 Å². The van der Waals surface area contributed by atoms with Crippen LogP contribution in [0.5, 0.6) is 0 Å². The van der Waals surface area contributed by atoms with Crippen LogP contribution in [0.25, 0.3) is 11.3 Å². The summed E-state index contributed by atoms with van der Waals surface area (Å²) in [6.07, 6.45) is 2.18. The molecule has 7 heteroatoms. The van der Waals surface area contributed by atoms with E-state index in [1.165, 1.54) is 24.4 Å². The second-order valence-electron chi connectivity index (χ2n) is 4.79. The van der Waals surface area contributed by atoms with Gasteiger partial charge in [0.15, 0.2) is 0 Å². The van der Waals surface area contributed by atoms with Crippen molar-refractivity contribution in [2.45, 2.75) is 25.8 Å². The lowest BCUT2D eigenvalue weighted by molar-refractivity contribution is -0.139. The van der Waals surface area contributed by atoms with E-state index < -0.39 is 23.7 Å². The predicted molar refractivity (Wildman–Crippen MR) is 77.8 cm³/mol. The van der Waals surface area contributed by atoms with Crippen LogP contribution in [-0.2, 0) is 4.79 Å². The maximum atomic E-state index is 13.8. The van der Waals surface area contributed by atoms with Crippen LogP contribution >= 0.6 is 0 Å². The monoisotopic (exact) mass is 305 g/mol. The van der Waals surface area contributed by atoms with E-state index in [1.54, 1.807) is 6.07 Å². The fraction of sp³-hybridized carbons (Fsp3) is 0.267. The van der Waals surface area contributed by atoms with E-state index in [4.69, 9.17) is 5.11 Å². The number of carbonyl (C=O) groups is 2. The summed E-state index contributed by atoms with van der Waals surface area (Å²) < 4.78 is 13.8. The molecule has 1 aromatic heterocycles. The van der Waals surface area contributed by atoms with E-state index in [0.29, 0.717) is 12.8 Å². The van der Waals surface area contributed by atoms with Crippen molar-refractivity contribution >= 4 is 11.9 Å². The minimum atomic E-state index is -1.11. The Kier molecular flexibility index (Phi) is 4.88. The lowest BCUT2D eigenvalue weighted by Crippen LogP contribution is -2.40. The van der Waals surface area contributed by atoms with Crippen molar-refractivity contribution in [2.24, 2.45) is 0 Å². The highest BCUT2D eigenvalue weighted by molar-refractivity contribution is 6.01. The molecule has 3 N–H and O–H groups in total. The summed E-state index contributed by atoms with van der Waals surface area (Å²) in [7, 11) is 0. The Balaban J connectivity index is 2.27. The summed E-state index contributed by atoms with van der Waals surface area (Å²) in [5.41, 5.74) is 0.524. The lowest BCUT2D eigenvalue weighted by Gasteiger charge is -2.13. The van der Waals surface area contributed by atoms with E-state index in [9.17, 15) is 14.0 Å². The Hall–Kier alpha value is -2.70. The van der Waals surface area contributed by atoms with Crippen LogP contribution in [0.15, 0.2) is 30.5 Å². The number of benzene rings is 1. The number of amides is 1. The third-order valence-electron chi connectivity index (χ3n) is 3.21. The number of hydrogen-bond acceptors (Lipinski definition) is 3. The molecule has 1 amide bonds. The summed E-state index contributed by atoms with van der Waals surface area (Å²) in [5.74, 6) is -2.21. The van der Waals surface area contributed by atoms with Crippen molar-refractivity contribution < 1.29 is 19.1 Å². The van der Waals surface area contributed by atoms with E-state index in [2.05, 4.69) is 15.5 Å². The molecule has 0 aliphatic heterocycles. The van der Waals surface area contributed by atoms with Gasteiger partial charge in [0.1, 0.15) is 11.9 Å². The third kappa shape index (κ3) is 3.30. The molecule has 1 atom stereocenters. The molecule has 0 aliphatic carbocycles. The summed E-state index contributed by atoms with van der Waals surface area (Å²) in [6, 6.07) is 4.98. The lowest BCUT2D eigenvalue weighted by atomic mass is 10.1. The molecular formula is C15H16FN3O3. The van der Waals surface area contributed by atoms with Gasteiger partial charge in [0.25, 0.3) is 5.91 Å². The SMILES string of the molecule is CCCC(NC(=O)c1cn[nH]c1-c1ccccc1F)C(=O)O. The number of aromatic amines is 1. The van der Waals surface area contributed by atoms with Crippen LogP contribution in [0.3, 0.4) is 0 Å². The zero-order chi connectivity index (χ0) is 16.1. The molecule has 0 saturated carbocycles. The van der Waals surface area contributed by atoms with Crippen molar-refractivity contribution in [1.29, 1.82) is 0 Å². The van der Waals surface area contributed by atoms with Crippen LogP contribution in [0.2, 0.25) is 0 Å². The maximum absolute atomic E-state index is 13.8. The van der Waals surface area contributed by atoms with Gasteiger partial charge in [-0.2, -0.15) is 5.10 Å². The molecule has 2 rings (SSSR count). The van der Waals surface area contributed by atoms with Crippen molar-refractivity contribution in [3.63, 3.8) is 0 Å². The highest BCUT2D eigenvalue weighted by Gasteiger charge is 2.23. The predicted octanol–water partition coefficient (Wildman–Crippen LogP) is 2.20. The maximum Gasteiger partial charge on any atom is 0.326 e. The number of aliphatic carboxylic acids is 1. The summed E-state index contributed by atoms with van der Waals surface area (Å²) in [4.78, 5) is 23.3. The molecule has 0 spiro atoms. The molecule has 0 saturated heterocycles. The Morgan fingerprint density at radius 1 is 1.41 bits per heavy atom. The average molecular weight is 305 g/mol. The average Bonchev–Trinajstić information content (AvgIpc) is 2.96. The van der Waals surface area contributed by atoms with Crippen molar-refractivity contribution in [2.75, 3.05) is 0 Å². The molecule has 1 heterocycles. The highest BCUT2D eigenvalue weighted by Crippen LogP contribution is 2.23. The summed E-state index contributed by atoms with van der Waals surface area (Å²) in [5, 5.41) is 17.9. The van der Waals surface area contributed by atoms with Crippen LogP contribution in [0.4, 0.5) is 4.39 Å². The van der Waals surface area contributed by atoms with Crippen LogP contribution in [0, 0.1) is 5.82 Å². The zero-order valence-corrected chi connectivity index (χ0v) is 12.0. The van der Waals surface area contributed by atoms with E-state index in [1.807, 2.05) is 6.92 Å². The minimum absolute atomic E-state index is 0.104. The van der Waals surface area contributed by atoms with Gasteiger partial charge >= 0.3 is 5.97 Å². The number of aromatic nitrogens is 2. The van der Waals surface area contributed by atoms with Crippen molar-refractivity contribution in [3.05, 3.63) is 41.8 Å². The first kappa shape index (κ1) is 15.7. The van der Waals surface area contributed by atoms with Crippen LogP contribution in [0.1, 0.15) is 30.1 Å². The summed E-state index contributed by atoms with van der Waals surface area (Å²) >= 11 is 0. The van der Waals surface area contributed by atoms with Crippen molar-refractivity contribution in [1.82, 2.24) is 15.5 Å². The fourth-order valence-electron chi connectivity index (χ4n) is 2.11. The van der Waals surface area contributed by atoms with Gasteiger partial charge in [0, 0.05) is 5.56 Å². The Morgan fingerprint density at radius 2 is 2.14 bits per heavy atom. The smallest absolute Gasteiger partial charge is 0.326 e. The van der Waals surface area contributed by atoms with E-state index >= 15 is 0 Å². The van der Waals surface area contributed by atoms with Gasteiger partial charge in [-0.25, -0.2) is 9.18 Å². The van der Waals surface area contributed by atoms with E-state index in [-0.39, 0.29) is 16.8 Å².